The molecule has 1 aliphatic heterocycles. The highest BCUT2D eigenvalue weighted by atomic mass is 16.5. The van der Waals surface area contributed by atoms with Gasteiger partial charge < -0.3 is 15.0 Å². The van der Waals surface area contributed by atoms with Crippen LogP contribution in [0.25, 0.3) is 10.9 Å². The Kier molecular flexibility index (Phi) is 4.26. The van der Waals surface area contributed by atoms with Gasteiger partial charge in [-0.2, -0.15) is 0 Å². The highest BCUT2D eigenvalue weighted by Gasteiger charge is 2.13. The maximum Gasteiger partial charge on any atom is 0.274 e. The van der Waals surface area contributed by atoms with E-state index in [2.05, 4.69) is 20.2 Å². The van der Waals surface area contributed by atoms with Crippen molar-refractivity contribution >= 4 is 28.3 Å². The van der Waals surface area contributed by atoms with Crippen LogP contribution in [0.2, 0.25) is 0 Å². The van der Waals surface area contributed by atoms with E-state index < -0.39 is 0 Å². The van der Waals surface area contributed by atoms with Gasteiger partial charge in [0.15, 0.2) is 0 Å². The van der Waals surface area contributed by atoms with Crippen LogP contribution in [0.4, 0.5) is 11.5 Å². The van der Waals surface area contributed by atoms with Crippen LogP contribution in [-0.2, 0) is 4.74 Å². The molecule has 25 heavy (non-hydrogen) atoms. The van der Waals surface area contributed by atoms with Gasteiger partial charge in [0.1, 0.15) is 11.5 Å². The summed E-state index contributed by atoms with van der Waals surface area (Å²) in [6.07, 6.45) is 1.67. The second-order valence-electron chi connectivity index (χ2n) is 5.85. The molecule has 2 aromatic heterocycles. The van der Waals surface area contributed by atoms with Crippen molar-refractivity contribution in [3.8, 4) is 0 Å². The summed E-state index contributed by atoms with van der Waals surface area (Å²) in [5, 5.41) is 3.86. The second-order valence-corrected chi connectivity index (χ2v) is 5.85. The average Bonchev–Trinajstić information content (AvgIpc) is 2.69. The summed E-state index contributed by atoms with van der Waals surface area (Å²) in [7, 11) is 0. The summed E-state index contributed by atoms with van der Waals surface area (Å²) in [6.45, 7) is 3.10. The van der Waals surface area contributed by atoms with E-state index in [1.54, 1.807) is 12.3 Å². The Morgan fingerprint density at radius 3 is 2.68 bits per heavy atom. The van der Waals surface area contributed by atoms with Crippen LogP contribution < -0.4 is 10.2 Å². The lowest BCUT2D eigenvalue weighted by molar-refractivity contribution is 0.102. The van der Waals surface area contributed by atoms with Crippen LogP contribution >= 0.6 is 0 Å². The average molecular weight is 334 g/mol. The van der Waals surface area contributed by atoms with Crippen molar-refractivity contribution in [1.29, 1.82) is 0 Å². The predicted molar refractivity (Wildman–Crippen MR) is 97.0 cm³/mol. The zero-order valence-electron chi connectivity index (χ0n) is 13.7. The van der Waals surface area contributed by atoms with Gasteiger partial charge in [-0.1, -0.05) is 24.3 Å². The molecule has 0 aliphatic carbocycles. The Labute approximate surface area is 145 Å². The number of hydrogen-bond acceptors (Lipinski definition) is 5. The summed E-state index contributed by atoms with van der Waals surface area (Å²) < 4.78 is 5.34. The summed E-state index contributed by atoms with van der Waals surface area (Å²) in [5.41, 5.74) is 1.84. The Balaban J connectivity index is 1.47. The molecule has 126 valence electrons. The van der Waals surface area contributed by atoms with Gasteiger partial charge in [0, 0.05) is 18.5 Å². The first-order chi connectivity index (χ1) is 12.3. The van der Waals surface area contributed by atoms with E-state index in [9.17, 15) is 4.79 Å². The minimum atomic E-state index is -0.244. The molecule has 6 heteroatoms. The summed E-state index contributed by atoms with van der Waals surface area (Å²) in [4.78, 5) is 23.4. The Hall–Kier alpha value is -2.99. The SMILES string of the molecule is O=C(Nc1ccc(N2CCOCC2)nc1)c1ccc2ccccc2n1. The van der Waals surface area contributed by atoms with E-state index in [1.807, 2.05) is 42.5 Å². The third-order valence-electron chi connectivity index (χ3n) is 4.17. The summed E-state index contributed by atoms with van der Waals surface area (Å²) in [5.74, 6) is 0.650. The smallest absolute Gasteiger partial charge is 0.274 e. The molecule has 0 radical (unpaired) electrons. The lowest BCUT2D eigenvalue weighted by Gasteiger charge is -2.27. The van der Waals surface area contributed by atoms with E-state index in [4.69, 9.17) is 4.74 Å². The van der Waals surface area contributed by atoms with Gasteiger partial charge in [-0.05, 0) is 24.3 Å². The molecular weight excluding hydrogens is 316 g/mol. The molecule has 1 aliphatic rings. The van der Waals surface area contributed by atoms with Gasteiger partial charge in [0.25, 0.3) is 5.91 Å². The number of para-hydroxylation sites is 1. The maximum absolute atomic E-state index is 12.4. The number of nitrogens with zero attached hydrogens (tertiary/aromatic N) is 3. The number of aromatic nitrogens is 2. The van der Waals surface area contributed by atoms with Crippen molar-refractivity contribution < 1.29 is 9.53 Å². The summed E-state index contributed by atoms with van der Waals surface area (Å²) >= 11 is 0. The number of carbonyl (C=O) groups excluding carboxylic acids is 1. The Bertz CT molecular complexity index is 889. The number of anilines is 2. The number of rotatable bonds is 3. The first-order valence-electron chi connectivity index (χ1n) is 8.25. The van der Waals surface area contributed by atoms with Crippen molar-refractivity contribution in [3.63, 3.8) is 0 Å². The molecule has 1 aromatic carbocycles. The predicted octanol–water partition coefficient (Wildman–Crippen LogP) is 2.72. The second kappa shape index (κ2) is 6.86. The number of pyridine rings is 2. The maximum atomic E-state index is 12.4. The van der Waals surface area contributed by atoms with Gasteiger partial charge in [0.2, 0.25) is 0 Å². The number of fused-ring (bicyclic) bond motifs is 1. The fourth-order valence-electron chi connectivity index (χ4n) is 2.83. The number of ether oxygens (including phenoxy) is 1. The van der Waals surface area contributed by atoms with Crippen LogP contribution in [0.3, 0.4) is 0 Å². The van der Waals surface area contributed by atoms with Crippen LogP contribution in [0.1, 0.15) is 10.5 Å². The van der Waals surface area contributed by atoms with Crippen molar-refractivity contribution in [2.75, 3.05) is 36.5 Å². The van der Waals surface area contributed by atoms with Gasteiger partial charge in [-0.25, -0.2) is 9.97 Å². The van der Waals surface area contributed by atoms with Gasteiger partial charge in [0.05, 0.1) is 30.6 Å². The monoisotopic (exact) mass is 334 g/mol. The first kappa shape index (κ1) is 15.5. The standard InChI is InChI=1S/C19H18N4O2/c24-19(17-7-5-14-3-1-2-4-16(14)22-17)21-15-6-8-18(20-13-15)23-9-11-25-12-10-23/h1-8,13H,9-12H2,(H,21,24). The highest BCUT2D eigenvalue weighted by molar-refractivity contribution is 6.04. The van der Waals surface area contributed by atoms with E-state index in [1.165, 1.54) is 0 Å². The first-order valence-corrected chi connectivity index (χ1v) is 8.25. The molecular formula is C19H18N4O2. The minimum absolute atomic E-state index is 0.244. The third kappa shape index (κ3) is 3.44. The molecule has 3 heterocycles. The molecule has 3 aromatic rings. The number of benzene rings is 1. The minimum Gasteiger partial charge on any atom is -0.378 e. The Morgan fingerprint density at radius 2 is 1.88 bits per heavy atom. The molecule has 0 unspecified atom stereocenters. The van der Waals surface area contributed by atoms with Crippen molar-refractivity contribution in [3.05, 3.63) is 60.4 Å². The van der Waals surface area contributed by atoms with E-state index in [0.717, 1.165) is 29.8 Å². The van der Waals surface area contributed by atoms with Crippen molar-refractivity contribution in [2.45, 2.75) is 0 Å². The highest BCUT2D eigenvalue weighted by Crippen LogP contribution is 2.17. The fraction of sp³-hybridized carbons (Fsp3) is 0.211. The number of nitrogens with one attached hydrogen (secondary N) is 1. The van der Waals surface area contributed by atoms with Gasteiger partial charge in [-0.3, -0.25) is 4.79 Å². The molecule has 1 N–H and O–H groups in total. The number of hydrogen-bond donors (Lipinski definition) is 1. The molecule has 1 saturated heterocycles. The zero-order valence-corrected chi connectivity index (χ0v) is 13.7. The van der Waals surface area contributed by atoms with Gasteiger partial charge in [-0.15, -0.1) is 0 Å². The van der Waals surface area contributed by atoms with Crippen molar-refractivity contribution in [2.24, 2.45) is 0 Å². The molecule has 0 saturated carbocycles. The molecule has 0 atom stereocenters. The number of morpholine rings is 1. The normalized spacial score (nSPS) is 14.5. The quantitative estimate of drug-likeness (QED) is 0.798. The van der Waals surface area contributed by atoms with E-state index >= 15 is 0 Å². The van der Waals surface area contributed by atoms with Crippen LogP contribution in [0.5, 0.6) is 0 Å². The molecule has 0 bridgehead atoms. The number of amides is 1. The fourth-order valence-corrected chi connectivity index (χ4v) is 2.83. The van der Waals surface area contributed by atoms with Gasteiger partial charge >= 0.3 is 0 Å². The largest absolute Gasteiger partial charge is 0.378 e. The van der Waals surface area contributed by atoms with Crippen LogP contribution in [-0.4, -0.2) is 42.2 Å². The number of carbonyl (C=O) groups is 1. The topological polar surface area (TPSA) is 67.4 Å². The summed E-state index contributed by atoms with van der Waals surface area (Å²) in [6, 6.07) is 15.1. The third-order valence-corrected chi connectivity index (χ3v) is 4.17. The van der Waals surface area contributed by atoms with Crippen LogP contribution in [0.15, 0.2) is 54.7 Å². The Morgan fingerprint density at radius 1 is 1.04 bits per heavy atom. The molecule has 1 fully saturated rings. The lowest BCUT2D eigenvalue weighted by atomic mass is 10.2. The molecule has 0 spiro atoms. The zero-order chi connectivity index (χ0) is 17.1. The lowest BCUT2D eigenvalue weighted by Crippen LogP contribution is -2.36. The van der Waals surface area contributed by atoms with E-state index in [0.29, 0.717) is 24.6 Å². The van der Waals surface area contributed by atoms with Crippen LogP contribution in [0, 0.1) is 0 Å². The van der Waals surface area contributed by atoms with E-state index in [-0.39, 0.29) is 5.91 Å². The molecule has 6 nitrogen and oxygen atoms in total. The molecule has 1 amide bonds. The molecule has 4 rings (SSSR count). The van der Waals surface area contributed by atoms with Crippen molar-refractivity contribution in [1.82, 2.24) is 9.97 Å².